The molecule has 0 aliphatic carbocycles. The molecule has 4 heteroatoms. The van der Waals surface area contributed by atoms with Crippen LogP contribution in [0.2, 0.25) is 0 Å². The maximum atomic E-state index is 10.7. The lowest BCUT2D eigenvalue weighted by Gasteiger charge is -2.18. The molecule has 0 aliphatic heterocycles. The van der Waals surface area contributed by atoms with Crippen LogP contribution in [0.5, 0.6) is 5.75 Å². The van der Waals surface area contributed by atoms with Crippen molar-refractivity contribution in [3.05, 3.63) is 28.8 Å². The number of carbonyl (C=O) groups is 1. The van der Waals surface area contributed by atoms with Crippen molar-refractivity contribution in [2.45, 2.75) is 26.2 Å². The molecule has 4 nitrogen and oxygen atoms in total. The van der Waals surface area contributed by atoms with E-state index in [2.05, 4.69) is 0 Å². The average molecular weight is 238 g/mol. The minimum Gasteiger partial charge on any atom is -0.496 e. The molecule has 0 radical (unpaired) electrons. The third-order valence-electron chi connectivity index (χ3n) is 3.08. The molecule has 0 spiro atoms. The summed E-state index contributed by atoms with van der Waals surface area (Å²) < 4.78 is 5.20. The van der Waals surface area contributed by atoms with Gasteiger partial charge in [-0.1, -0.05) is 6.07 Å². The number of ether oxygens (including phenoxy) is 1. The van der Waals surface area contributed by atoms with Crippen molar-refractivity contribution in [2.75, 3.05) is 13.7 Å². The van der Waals surface area contributed by atoms with Crippen molar-refractivity contribution in [1.82, 2.24) is 0 Å². The molecule has 1 rings (SSSR count). The highest BCUT2D eigenvalue weighted by molar-refractivity contribution is 5.68. The second-order valence-electron chi connectivity index (χ2n) is 4.08. The molecule has 94 valence electrons. The normalized spacial score (nSPS) is 12.2. The second kappa shape index (κ2) is 5.68. The Balaban J connectivity index is 3.12. The molecule has 0 amide bonds. The number of carboxylic acids is 1. The Bertz CT molecular complexity index is 412. The molecule has 0 bridgehead atoms. The van der Waals surface area contributed by atoms with Gasteiger partial charge in [0.2, 0.25) is 0 Å². The van der Waals surface area contributed by atoms with E-state index in [4.69, 9.17) is 9.84 Å². The fourth-order valence-corrected chi connectivity index (χ4v) is 1.96. The summed E-state index contributed by atoms with van der Waals surface area (Å²) in [6, 6.07) is 3.63. The van der Waals surface area contributed by atoms with Crippen LogP contribution in [0.25, 0.3) is 0 Å². The number of rotatable bonds is 5. The minimum atomic E-state index is -0.906. The third-order valence-corrected chi connectivity index (χ3v) is 3.08. The standard InChI is InChI=1S/C13H18O4/c1-8-9(2)12(17-3)5-4-11(8)10(7-14)6-13(15)16/h4-5,10,14H,6-7H2,1-3H3,(H,15,16). The van der Waals surface area contributed by atoms with Gasteiger partial charge in [-0.3, -0.25) is 4.79 Å². The highest BCUT2D eigenvalue weighted by atomic mass is 16.5. The number of methoxy groups -OCH3 is 1. The second-order valence-corrected chi connectivity index (χ2v) is 4.08. The molecule has 0 heterocycles. The number of carboxylic acid groups (broad SMARTS) is 1. The molecule has 2 N–H and O–H groups in total. The van der Waals surface area contributed by atoms with Gasteiger partial charge in [0.1, 0.15) is 5.75 Å². The van der Waals surface area contributed by atoms with Gasteiger partial charge in [-0.25, -0.2) is 0 Å². The zero-order chi connectivity index (χ0) is 13.0. The Kier molecular flexibility index (Phi) is 4.52. The van der Waals surface area contributed by atoms with Crippen molar-refractivity contribution < 1.29 is 19.7 Å². The van der Waals surface area contributed by atoms with Gasteiger partial charge in [0.05, 0.1) is 20.1 Å². The predicted molar refractivity (Wildman–Crippen MR) is 64.5 cm³/mol. The fourth-order valence-electron chi connectivity index (χ4n) is 1.96. The van der Waals surface area contributed by atoms with E-state index in [-0.39, 0.29) is 18.9 Å². The van der Waals surface area contributed by atoms with Gasteiger partial charge in [-0.2, -0.15) is 0 Å². The number of aliphatic carboxylic acids is 1. The van der Waals surface area contributed by atoms with Crippen LogP contribution in [0.1, 0.15) is 29.0 Å². The predicted octanol–water partition coefficient (Wildman–Crippen LogP) is 1.86. The van der Waals surface area contributed by atoms with Crippen LogP contribution < -0.4 is 4.74 Å². The molecule has 0 aromatic heterocycles. The first kappa shape index (κ1) is 13.5. The summed E-state index contributed by atoms with van der Waals surface area (Å²) in [5, 5.41) is 18.1. The van der Waals surface area contributed by atoms with Crippen LogP contribution in [-0.2, 0) is 4.79 Å². The van der Waals surface area contributed by atoms with Crippen LogP contribution in [0.4, 0.5) is 0 Å². The maximum absolute atomic E-state index is 10.7. The molecule has 1 atom stereocenters. The molecular formula is C13H18O4. The van der Waals surface area contributed by atoms with Crippen molar-refractivity contribution in [3.8, 4) is 5.75 Å². The summed E-state index contributed by atoms with van der Waals surface area (Å²) in [6.07, 6.45) is -0.0664. The lowest BCUT2D eigenvalue weighted by Crippen LogP contribution is -2.12. The molecule has 0 fully saturated rings. The fraction of sp³-hybridized carbons (Fsp3) is 0.462. The summed E-state index contributed by atoms with van der Waals surface area (Å²) in [6.45, 7) is 3.67. The molecule has 1 aromatic carbocycles. The maximum Gasteiger partial charge on any atom is 0.304 e. The molecule has 0 saturated heterocycles. The van der Waals surface area contributed by atoms with Gasteiger partial charge in [0, 0.05) is 5.92 Å². The van der Waals surface area contributed by atoms with Crippen LogP contribution in [-0.4, -0.2) is 29.9 Å². The minimum absolute atomic E-state index is 0.0664. The van der Waals surface area contributed by atoms with E-state index in [0.717, 1.165) is 22.4 Å². The van der Waals surface area contributed by atoms with E-state index in [1.807, 2.05) is 26.0 Å². The Labute approximate surface area is 101 Å². The lowest BCUT2D eigenvalue weighted by atomic mass is 9.90. The zero-order valence-electron chi connectivity index (χ0n) is 10.4. The average Bonchev–Trinajstić information content (AvgIpc) is 2.29. The van der Waals surface area contributed by atoms with E-state index in [0.29, 0.717) is 0 Å². The highest BCUT2D eigenvalue weighted by Crippen LogP contribution is 2.30. The third kappa shape index (κ3) is 2.97. The van der Waals surface area contributed by atoms with Crippen molar-refractivity contribution in [3.63, 3.8) is 0 Å². The van der Waals surface area contributed by atoms with Gasteiger partial charge < -0.3 is 14.9 Å². The number of hydrogen-bond acceptors (Lipinski definition) is 3. The SMILES string of the molecule is COc1ccc(C(CO)CC(=O)O)c(C)c1C. The molecule has 1 aromatic rings. The first-order chi connectivity index (χ1) is 8.01. The van der Waals surface area contributed by atoms with Crippen LogP contribution in [0, 0.1) is 13.8 Å². The van der Waals surface area contributed by atoms with Gasteiger partial charge in [0.25, 0.3) is 0 Å². The number of aliphatic hydroxyl groups excluding tert-OH is 1. The summed E-state index contributed by atoms with van der Waals surface area (Å²) in [4.78, 5) is 10.7. The van der Waals surface area contributed by atoms with Crippen LogP contribution in [0.15, 0.2) is 12.1 Å². The van der Waals surface area contributed by atoms with Crippen molar-refractivity contribution in [1.29, 1.82) is 0 Å². The summed E-state index contributed by atoms with van der Waals surface area (Å²) >= 11 is 0. The smallest absolute Gasteiger partial charge is 0.304 e. The number of hydrogen-bond donors (Lipinski definition) is 2. The Morgan fingerprint density at radius 3 is 2.47 bits per heavy atom. The summed E-state index contributed by atoms with van der Waals surface area (Å²) in [5.41, 5.74) is 2.83. The van der Waals surface area contributed by atoms with E-state index < -0.39 is 5.97 Å². The first-order valence-corrected chi connectivity index (χ1v) is 5.48. The first-order valence-electron chi connectivity index (χ1n) is 5.48. The van der Waals surface area contributed by atoms with E-state index in [1.165, 1.54) is 0 Å². The molecule has 17 heavy (non-hydrogen) atoms. The molecule has 1 unspecified atom stereocenters. The van der Waals surface area contributed by atoms with Crippen molar-refractivity contribution >= 4 is 5.97 Å². The highest BCUT2D eigenvalue weighted by Gasteiger charge is 2.18. The quantitative estimate of drug-likeness (QED) is 0.821. The van der Waals surface area contributed by atoms with Gasteiger partial charge in [-0.15, -0.1) is 0 Å². The lowest BCUT2D eigenvalue weighted by molar-refractivity contribution is -0.137. The monoisotopic (exact) mass is 238 g/mol. The summed E-state index contributed by atoms with van der Waals surface area (Å²) in [7, 11) is 1.60. The van der Waals surface area contributed by atoms with E-state index >= 15 is 0 Å². The molecule has 0 saturated carbocycles. The Morgan fingerprint density at radius 1 is 1.35 bits per heavy atom. The summed E-state index contributed by atoms with van der Waals surface area (Å²) in [5.74, 6) is -0.493. The van der Waals surface area contributed by atoms with E-state index in [1.54, 1.807) is 7.11 Å². The van der Waals surface area contributed by atoms with Crippen molar-refractivity contribution in [2.24, 2.45) is 0 Å². The Morgan fingerprint density at radius 2 is 2.00 bits per heavy atom. The number of aliphatic hydroxyl groups is 1. The zero-order valence-corrected chi connectivity index (χ0v) is 10.4. The molecule has 0 aliphatic rings. The van der Waals surface area contributed by atoms with Gasteiger partial charge in [0.15, 0.2) is 0 Å². The van der Waals surface area contributed by atoms with Gasteiger partial charge >= 0.3 is 5.97 Å². The molecular weight excluding hydrogens is 220 g/mol. The topological polar surface area (TPSA) is 66.8 Å². The van der Waals surface area contributed by atoms with E-state index in [9.17, 15) is 9.90 Å². The van der Waals surface area contributed by atoms with Crippen LogP contribution in [0.3, 0.4) is 0 Å². The van der Waals surface area contributed by atoms with Crippen LogP contribution >= 0.6 is 0 Å². The van der Waals surface area contributed by atoms with Gasteiger partial charge in [-0.05, 0) is 36.6 Å². The number of benzene rings is 1. The largest absolute Gasteiger partial charge is 0.496 e. The Hall–Kier alpha value is -1.55.